The minimum Gasteiger partial charge on any atom is -0.489 e. The lowest BCUT2D eigenvalue weighted by Crippen LogP contribution is -2.42. The minimum atomic E-state index is -0.638. The SMILES string of the molecule is CC(C)(C)NCC(O)COc1ccc(C(=O)NC2CCCC2)cc1Cl. The third kappa shape index (κ3) is 6.84. The molecule has 0 spiro atoms. The molecule has 1 saturated carbocycles. The molecule has 5 nitrogen and oxygen atoms in total. The largest absolute Gasteiger partial charge is 0.489 e. The lowest BCUT2D eigenvalue weighted by molar-refractivity contribution is 0.0936. The van der Waals surface area contributed by atoms with E-state index in [-0.39, 0.29) is 24.1 Å². The monoisotopic (exact) mass is 368 g/mol. The molecule has 0 aliphatic heterocycles. The maximum Gasteiger partial charge on any atom is 0.251 e. The van der Waals surface area contributed by atoms with Crippen molar-refractivity contribution < 1.29 is 14.6 Å². The Bertz CT molecular complexity index is 581. The van der Waals surface area contributed by atoms with Crippen molar-refractivity contribution >= 4 is 17.5 Å². The van der Waals surface area contributed by atoms with Crippen molar-refractivity contribution in [1.29, 1.82) is 0 Å². The number of carbonyl (C=O) groups is 1. The Morgan fingerprint density at radius 1 is 1.36 bits per heavy atom. The molecule has 0 saturated heterocycles. The molecule has 1 unspecified atom stereocenters. The molecule has 1 aromatic rings. The van der Waals surface area contributed by atoms with Crippen LogP contribution < -0.4 is 15.4 Å². The van der Waals surface area contributed by atoms with Crippen LogP contribution in [0.3, 0.4) is 0 Å². The van der Waals surface area contributed by atoms with Crippen molar-refractivity contribution in [2.45, 2.75) is 64.1 Å². The van der Waals surface area contributed by atoms with E-state index in [1.807, 2.05) is 20.8 Å². The van der Waals surface area contributed by atoms with Gasteiger partial charge in [0.25, 0.3) is 5.91 Å². The standard InChI is InChI=1S/C19H29ClN2O3/c1-19(2,3)21-11-15(23)12-25-17-9-8-13(10-16(17)20)18(24)22-14-6-4-5-7-14/h8-10,14-15,21,23H,4-7,11-12H2,1-3H3,(H,22,24). The first-order valence-electron chi connectivity index (χ1n) is 8.91. The number of β-amino-alcohol motifs (C(OH)–C–C–N with tert-alkyl or cyclic N) is 1. The number of rotatable bonds is 7. The van der Waals surface area contributed by atoms with E-state index in [0.29, 0.717) is 22.9 Å². The number of nitrogens with one attached hydrogen (secondary N) is 2. The zero-order valence-electron chi connectivity index (χ0n) is 15.3. The highest BCUT2D eigenvalue weighted by Crippen LogP contribution is 2.26. The van der Waals surface area contributed by atoms with Crippen LogP contribution in [-0.4, -0.2) is 41.9 Å². The quantitative estimate of drug-likeness (QED) is 0.691. The molecule has 0 radical (unpaired) electrons. The highest BCUT2D eigenvalue weighted by molar-refractivity contribution is 6.32. The fourth-order valence-electron chi connectivity index (χ4n) is 2.77. The molecule has 3 N–H and O–H groups in total. The van der Waals surface area contributed by atoms with Gasteiger partial charge in [-0.1, -0.05) is 24.4 Å². The molecule has 6 heteroatoms. The summed E-state index contributed by atoms with van der Waals surface area (Å²) in [6, 6.07) is 5.26. The Hall–Kier alpha value is -1.30. The summed E-state index contributed by atoms with van der Waals surface area (Å²) < 4.78 is 5.58. The van der Waals surface area contributed by atoms with Crippen LogP contribution in [0.25, 0.3) is 0 Å². The van der Waals surface area contributed by atoms with Crippen LogP contribution in [0.15, 0.2) is 18.2 Å². The number of aliphatic hydroxyl groups excluding tert-OH is 1. The second-order valence-electron chi connectivity index (χ2n) is 7.70. The van der Waals surface area contributed by atoms with E-state index < -0.39 is 6.10 Å². The van der Waals surface area contributed by atoms with Gasteiger partial charge in [-0.3, -0.25) is 4.79 Å². The molecule has 1 aliphatic rings. The second-order valence-corrected chi connectivity index (χ2v) is 8.10. The molecule has 0 aromatic heterocycles. The third-order valence-electron chi connectivity index (χ3n) is 4.18. The molecule has 1 aromatic carbocycles. The Labute approximate surface area is 155 Å². The van der Waals surface area contributed by atoms with Gasteiger partial charge in [-0.2, -0.15) is 0 Å². The topological polar surface area (TPSA) is 70.6 Å². The zero-order valence-corrected chi connectivity index (χ0v) is 16.0. The van der Waals surface area contributed by atoms with Crippen LogP contribution in [0, 0.1) is 0 Å². The molecule has 1 fully saturated rings. The third-order valence-corrected chi connectivity index (χ3v) is 4.48. The predicted molar refractivity (Wildman–Crippen MR) is 100 cm³/mol. The van der Waals surface area contributed by atoms with Crippen molar-refractivity contribution in [2.24, 2.45) is 0 Å². The maximum absolute atomic E-state index is 12.3. The maximum atomic E-state index is 12.3. The Kier molecular flexibility index (Phi) is 7.11. The molecule has 1 atom stereocenters. The van der Waals surface area contributed by atoms with Gasteiger partial charge in [0.2, 0.25) is 0 Å². The smallest absolute Gasteiger partial charge is 0.251 e. The number of amides is 1. The molecular weight excluding hydrogens is 340 g/mol. The highest BCUT2D eigenvalue weighted by atomic mass is 35.5. The van der Waals surface area contributed by atoms with Gasteiger partial charge < -0.3 is 20.5 Å². The normalized spacial score (nSPS) is 16.7. The van der Waals surface area contributed by atoms with Crippen molar-refractivity contribution in [1.82, 2.24) is 10.6 Å². The predicted octanol–water partition coefficient (Wildman–Crippen LogP) is 3.14. The Balaban J connectivity index is 1.85. The van der Waals surface area contributed by atoms with Gasteiger partial charge >= 0.3 is 0 Å². The average molecular weight is 369 g/mol. The summed E-state index contributed by atoms with van der Waals surface area (Å²) in [4.78, 5) is 12.3. The first kappa shape index (κ1) is 20.0. The number of halogens is 1. The number of hydrogen-bond donors (Lipinski definition) is 3. The lowest BCUT2D eigenvalue weighted by Gasteiger charge is -2.23. The van der Waals surface area contributed by atoms with Gasteiger partial charge in [-0.15, -0.1) is 0 Å². The van der Waals surface area contributed by atoms with Crippen molar-refractivity contribution in [3.63, 3.8) is 0 Å². The van der Waals surface area contributed by atoms with Crippen LogP contribution in [-0.2, 0) is 0 Å². The summed E-state index contributed by atoms with van der Waals surface area (Å²) in [5, 5.41) is 16.6. The summed E-state index contributed by atoms with van der Waals surface area (Å²) in [5.74, 6) is 0.364. The van der Waals surface area contributed by atoms with Gasteiger partial charge in [-0.25, -0.2) is 0 Å². The molecule has 2 rings (SSSR count). The van der Waals surface area contributed by atoms with E-state index in [1.54, 1.807) is 18.2 Å². The summed E-state index contributed by atoms with van der Waals surface area (Å²) >= 11 is 6.22. The van der Waals surface area contributed by atoms with E-state index in [1.165, 1.54) is 12.8 Å². The van der Waals surface area contributed by atoms with E-state index in [2.05, 4.69) is 10.6 Å². The van der Waals surface area contributed by atoms with Crippen molar-refractivity contribution in [3.8, 4) is 5.75 Å². The summed E-state index contributed by atoms with van der Waals surface area (Å²) in [6.07, 6.45) is 3.79. The van der Waals surface area contributed by atoms with Crippen LogP contribution in [0.1, 0.15) is 56.8 Å². The van der Waals surface area contributed by atoms with Crippen molar-refractivity contribution in [3.05, 3.63) is 28.8 Å². The fraction of sp³-hybridized carbons (Fsp3) is 0.632. The second kappa shape index (κ2) is 8.88. The van der Waals surface area contributed by atoms with E-state index in [9.17, 15) is 9.90 Å². The molecule has 25 heavy (non-hydrogen) atoms. The molecule has 140 valence electrons. The zero-order chi connectivity index (χ0) is 18.4. The van der Waals surface area contributed by atoms with Gasteiger partial charge in [0, 0.05) is 23.7 Å². The number of carbonyl (C=O) groups excluding carboxylic acids is 1. The molecular formula is C19H29ClN2O3. The Morgan fingerprint density at radius 3 is 2.64 bits per heavy atom. The molecule has 0 heterocycles. The lowest BCUT2D eigenvalue weighted by atomic mass is 10.1. The molecule has 1 aliphatic carbocycles. The highest BCUT2D eigenvalue weighted by Gasteiger charge is 2.19. The first-order chi connectivity index (χ1) is 11.7. The van der Waals surface area contributed by atoms with E-state index in [0.717, 1.165) is 12.8 Å². The van der Waals surface area contributed by atoms with Crippen molar-refractivity contribution in [2.75, 3.05) is 13.2 Å². The number of ether oxygens (including phenoxy) is 1. The summed E-state index contributed by atoms with van der Waals surface area (Å²) in [6.45, 7) is 6.67. The Morgan fingerprint density at radius 2 is 2.04 bits per heavy atom. The minimum absolute atomic E-state index is 0.0625. The summed E-state index contributed by atoms with van der Waals surface area (Å²) in [5.41, 5.74) is 0.464. The van der Waals surface area contributed by atoms with Crippen LogP contribution in [0.5, 0.6) is 5.75 Å². The fourth-order valence-corrected chi connectivity index (χ4v) is 3.00. The first-order valence-corrected chi connectivity index (χ1v) is 9.29. The van der Waals surface area contributed by atoms with Gasteiger partial charge in [0.05, 0.1) is 5.02 Å². The number of benzene rings is 1. The molecule has 1 amide bonds. The average Bonchev–Trinajstić information content (AvgIpc) is 3.04. The number of aliphatic hydroxyl groups is 1. The van der Waals surface area contributed by atoms with E-state index in [4.69, 9.17) is 16.3 Å². The van der Waals surface area contributed by atoms with E-state index >= 15 is 0 Å². The van der Waals surface area contributed by atoms with Crippen LogP contribution in [0.2, 0.25) is 5.02 Å². The van der Waals surface area contributed by atoms with Gasteiger partial charge in [0.1, 0.15) is 18.5 Å². The van der Waals surface area contributed by atoms with Gasteiger partial charge in [-0.05, 0) is 51.8 Å². The van der Waals surface area contributed by atoms with Gasteiger partial charge in [0.15, 0.2) is 0 Å². The van der Waals surface area contributed by atoms with Crippen LogP contribution in [0.4, 0.5) is 0 Å². The molecule has 0 bridgehead atoms. The van der Waals surface area contributed by atoms with Crippen LogP contribution >= 0.6 is 11.6 Å². The summed E-state index contributed by atoms with van der Waals surface area (Å²) in [7, 11) is 0. The number of hydrogen-bond acceptors (Lipinski definition) is 4.